The van der Waals surface area contributed by atoms with Gasteiger partial charge in [-0.25, -0.2) is 4.98 Å². The van der Waals surface area contributed by atoms with Gasteiger partial charge in [-0.05, 0) is 25.0 Å². The van der Waals surface area contributed by atoms with E-state index in [2.05, 4.69) is 42.7 Å². The van der Waals surface area contributed by atoms with Gasteiger partial charge >= 0.3 is 0 Å². The van der Waals surface area contributed by atoms with E-state index in [1.165, 1.54) is 0 Å². The zero-order valence-corrected chi connectivity index (χ0v) is 15.7. The van der Waals surface area contributed by atoms with Crippen LogP contribution in [0, 0.1) is 11.3 Å². The third-order valence-corrected chi connectivity index (χ3v) is 5.45. The molecule has 142 valence electrons. The number of hydrogen-bond acceptors (Lipinski definition) is 7. The Kier molecular flexibility index (Phi) is 5.32. The second-order valence-corrected chi connectivity index (χ2v) is 7.22. The molecule has 0 aromatic carbocycles. The molecule has 2 fully saturated rings. The molecule has 0 spiro atoms. The van der Waals surface area contributed by atoms with Crippen molar-refractivity contribution in [2.45, 2.75) is 25.3 Å². The number of aromatic nitrogens is 4. The second-order valence-electron chi connectivity index (χ2n) is 7.22. The molecule has 8 nitrogen and oxygen atoms in total. The van der Waals surface area contributed by atoms with E-state index in [1.807, 2.05) is 6.07 Å². The molecule has 2 saturated heterocycles. The van der Waals surface area contributed by atoms with Crippen molar-refractivity contribution in [3.05, 3.63) is 35.5 Å². The third kappa shape index (κ3) is 3.94. The van der Waals surface area contributed by atoms with Crippen molar-refractivity contribution in [2.24, 2.45) is 7.05 Å². The van der Waals surface area contributed by atoms with Crippen LogP contribution in [-0.4, -0.2) is 64.0 Å². The molecule has 4 rings (SSSR count). The van der Waals surface area contributed by atoms with Crippen molar-refractivity contribution < 1.29 is 4.74 Å². The maximum absolute atomic E-state index is 9.13. The van der Waals surface area contributed by atoms with Gasteiger partial charge in [0.25, 0.3) is 0 Å². The van der Waals surface area contributed by atoms with Crippen LogP contribution in [0.5, 0.6) is 0 Å². The highest BCUT2D eigenvalue weighted by Crippen LogP contribution is 2.28. The molecule has 0 aliphatic carbocycles. The van der Waals surface area contributed by atoms with Gasteiger partial charge in [-0.1, -0.05) is 0 Å². The molecule has 2 aliphatic rings. The lowest BCUT2D eigenvalue weighted by Crippen LogP contribution is -2.37. The van der Waals surface area contributed by atoms with Crippen molar-refractivity contribution in [2.75, 3.05) is 44.3 Å². The summed E-state index contributed by atoms with van der Waals surface area (Å²) in [7, 11) is 2.07. The fraction of sp³-hybridized carbons (Fsp3) is 0.579. The number of hydrogen-bond donors (Lipinski definition) is 0. The summed E-state index contributed by atoms with van der Waals surface area (Å²) in [6, 6.07) is 5.80. The zero-order chi connectivity index (χ0) is 18.6. The molecule has 0 radical (unpaired) electrons. The number of anilines is 1. The molecular weight excluding hydrogens is 342 g/mol. The molecule has 27 heavy (non-hydrogen) atoms. The number of nitrogens with zero attached hydrogens (tertiary/aromatic N) is 7. The highest BCUT2D eigenvalue weighted by atomic mass is 16.5. The third-order valence-electron chi connectivity index (χ3n) is 5.45. The Hall–Kier alpha value is -2.50. The molecule has 1 atom stereocenters. The van der Waals surface area contributed by atoms with Gasteiger partial charge in [0.15, 0.2) is 0 Å². The fourth-order valence-corrected chi connectivity index (χ4v) is 3.88. The van der Waals surface area contributed by atoms with Crippen LogP contribution in [0.4, 0.5) is 5.82 Å². The van der Waals surface area contributed by atoms with E-state index in [4.69, 9.17) is 10.00 Å². The van der Waals surface area contributed by atoms with Crippen molar-refractivity contribution in [3.8, 4) is 6.07 Å². The summed E-state index contributed by atoms with van der Waals surface area (Å²) in [5.41, 5.74) is 0.647. The molecule has 0 bridgehead atoms. The summed E-state index contributed by atoms with van der Waals surface area (Å²) in [5, 5.41) is 18.1. The number of pyridine rings is 1. The minimum Gasteiger partial charge on any atom is -0.379 e. The summed E-state index contributed by atoms with van der Waals surface area (Å²) >= 11 is 0. The molecule has 0 amide bonds. The summed E-state index contributed by atoms with van der Waals surface area (Å²) in [6.45, 7) is 6.09. The van der Waals surface area contributed by atoms with Gasteiger partial charge < -0.3 is 14.2 Å². The maximum atomic E-state index is 9.13. The Morgan fingerprint density at radius 2 is 2.11 bits per heavy atom. The molecule has 0 unspecified atom stereocenters. The molecule has 0 N–H and O–H groups in total. The Morgan fingerprint density at radius 1 is 1.26 bits per heavy atom. The second kappa shape index (κ2) is 8.03. The standard InChI is InChI=1S/C19H25N7O/c1-24-18(14-25-7-9-27-10-8-25)22-23-19(24)16-3-2-6-26(13-16)17-11-15(12-20)4-5-21-17/h4-5,11,16H,2-3,6-10,13-14H2,1H3/t16-/m1/s1. The van der Waals surface area contributed by atoms with Crippen LogP contribution in [0.25, 0.3) is 0 Å². The van der Waals surface area contributed by atoms with Gasteiger partial charge in [0.05, 0.1) is 31.4 Å². The van der Waals surface area contributed by atoms with Crippen molar-refractivity contribution in [3.63, 3.8) is 0 Å². The van der Waals surface area contributed by atoms with Crippen LogP contribution in [0.15, 0.2) is 18.3 Å². The van der Waals surface area contributed by atoms with Crippen molar-refractivity contribution >= 4 is 5.82 Å². The first-order valence-corrected chi connectivity index (χ1v) is 9.54. The fourth-order valence-electron chi connectivity index (χ4n) is 3.88. The molecule has 4 heterocycles. The molecular formula is C19H25N7O. The monoisotopic (exact) mass is 367 g/mol. The Morgan fingerprint density at radius 3 is 2.93 bits per heavy atom. The number of ether oxygens (including phenoxy) is 1. The van der Waals surface area contributed by atoms with Crippen LogP contribution in [-0.2, 0) is 18.3 Å². The topological polar surface area (TPSA) is 83.1 Å². The van der Waals surface area contributed by atoms with E-state index in [9.17, 15) is 0 Å². The van der Waals surface area contributed by atoms with E-state index < -0.39 is 0 Å². The molecule has 0 saturated carbocycles. The van der Waals surface area contributed by atoms with Crippen LogP contribution >= 0.6 is 0 Å². The summed E-state index contributed by atoms with van der Waals surface area (Å²) in [5.74, 6) is 3.24. The van der Waals surface area contributed by atoms with Gasteiger partial charge in [-0.2, -0.15) is 5.26 Å². The normalized spacial score (nSPS) is 21.2. The summed E-state index contributed by atoms with van der Waals surface area (Å²) in [6.07, 6.45) is 3.88. The Balaban J connectivity index is 1.47. The van der Waals surface area contributed by atoms with E-state index in [0.29, 0.717) is 11.5 Å². The average molecular weight is 367 g/mol. The predicted molar refractivity (Wildman–Crippen MR) is 100 cm³/mol. The first-order chi connectivity index (χ1) is 13.2. The van der Waals surface area contributed by atoms with E-state index in [-0.39, 0.29) is 0 Å². The van der Waals surface area contributed by atoms with Crippen LogP contribution in [0.2, 0.25) is 0 Å². The first-order valence-electron chi connectivity index (χ1n) is 9.54. The minimum atomic E-state index is 0.322. The van der Waals surface area contributed by atoms with Gasteiger partial charge in [0, 0.05) is 45.3 Å². The van der Waals surface area contributed by atoms with Crippen molar-refractivity contribution in [1.29, 1.82) is 5.26 Å². The Labute approximate surface area is 159 Å². The SMILES string of the molecule is Cn1c(CN2CCOCC2)nnc1[C@@H]1CCCN(c2cc(C#N)ccn2)C1. The number of morpholine rings is 1. The highest BCUT2D eigenvalue weighted by Gasteiger charge is 2.27. The lowest BCUT2D eigenvalue weighted by Gasteiger charge is -2.33. The van der Waals surface area contributed by atoms with E-state index in [1.54, 1.807) is 12.3 Å². The summed E-state index contributed by atoms with van der Waals surface area (Å²) in [4.78, 5) is 9.08. The molecule has 2 aliphatic heterocycles. The van der Waals surface area contributed by atoms with Crippen LogP contribution in [0.3, 0.4) is 0 Å². The molecule has 8 heteroatoms. The molecule has 2 aromatic heterocycles. The van der Waals surface area contributed by atoms with Gasteiger partial charge in [-0.15, -0.1) is 10.2 Å². The van der Waals surface area contributed by atoms with Crippen LogP contribution in [0.1, 0.15) is 36.0 Å². The van der Waals surface area contributed by atoms with Crippen LogP contribution < -0.4 is 4.90 Å². The van der Waals surface area contributed by atoms with Crippen molar-refractivity contribution in [1.82, 2.24) is 24.6 Å². The average Bonchev–Trinajstić information content (AvgIpc) is 3.09. The van der Waals surface area contributed by atoms with Gasteiger partial charge in [-0.3, -0.25) is 4.90 Å². The Bertz CT molecular complexity index is 822. The minimum absolute atomic E-state index is 0.322. The quantitative estimate of drug-likeness (QED) is 0.805. The largest absolute Gasteiger partial charge is 0.379 e. The predicted octanol–water partition coefficient (Wildman–Crippen LogP) is 1.30. The van der Waals surface area contributed by atoms with E-state index in [0.717, 1.165) is 76.2 Å². The van der Waals surface area contributed by atoms with E-state index >= 15 is 0 Å². The highest BCUT2D eigenvalue weighted by molar-refractivity contribution is 5.45. The lowest BCUT2D eigenvalue weighted by atomic mass is 9.97. The summed E-state index contributed by atoms with van der Waals surface area (Å²) < 4.78 is 7.58. The van der Waals surface area contributed by atoms with Gasteiger partial charge in [0.2, 0.25) is 0 Å². The smallest absolute Gasteiger partial charge is 0.146 e. The van der Waals surface area contributed by atoms with Gasteiger partial charge in [0.1, 0.15) is 17.5 Å². The number of rotatable bonds is 4. The first kappa shape index (κ1) is 17.9. The lowest BCUT2D eigenvalue weighted by molar-refractivity contribution is 0.0326. The maximum Gasteiger partial charge on any atom is 0.146 e. The molecule has 2 aromatic rings. The number of piperidine rings is 1. The zero-order valence-electron chi connectivity index (χ0n) is 15.7. The number of nitriles is 1.